The van der Waals surface area contributed by atoms with Gasteiger partial charge in [-0.25, -0.2) is 4.39 Å². The zero-order chi connectivity index (χ0) is 14.0. The number of carbonyl (C=O) groups is 2. The summed E-state index contributed by atoms with van der Waals surface area (Å²) in [5, 5.41) is 4.64. The van der Waals surface area contributed by atoms with Crippen LogP contribution < -0.4 is 11.1 Å². The lowest BCUT2D eigenvalue weighted by Crippen LogP contribution is -2.17. The van der Waals surface area contributed by atoms with Crippen molar-refractivity contribution in [3.05, 3.63) is 50.2 Å². The fourth-order valence-corrected chi connectivity index (χ4v) is 2.95. The summed E-state index contributed by atoms with van der Waals surface area (Å²) in [7, 11) is 0. The first kappa shape index (κ1) is 13.9. The molecule has 98 valence electrons. The molecule has 19 heavy (non-hydrogen) atoms. The van der Waals surface area contributed by atoms with Gasteiger partial charge in [0.1, 0.15) is 10.8 Å². The van der Waals surface area contributed by atoms with Gasteiger partial charge in [0.15, 0.2) is 0 Å². The first-order valence-electron chi connectivity index (χ1n) is 5.12. The molecule has 0 aliphatic heterocycles. The Balaban J connectivity index is 2.26. The van der Waals surface area contributed by atoms with Crippen LogP contribution in [0.3, 0.4) is 0 Å². The maximum absolute atomic E-state index is 13.0. The van der Waals surface area contributed by atoms with Crippen molar-refractivity contribution in [1.82, 2.24) is 0 Å². The number of rotatable bonds is 3. The summed E-state index contributed by atoms with van der Waals surface area (Å²) in [5.41, 5.74) is 5.79. The number of hydrogen-bond acceptors (Lipinski definition) is 3. The van der Waals surface area contributed by atoms with Gasteiger partial charge in [0.05, 0.1) is 11.1 Å². The average molecular weight is 390 g/mol. The van der Waals surface area contributed by atoms with E-state index in [2.05, 4.69) is 5.32 Å². The number of hydrogen-bond donors (Lipinski definition) is 2. The molecule has 1 aromatic carbocycles. The molecule has 7 heteroatoms. The first-order chi connectivity index (χ1) is 8.99. The highest BCUT2D eigenvalue weighted by Crippen LogP contribution is 2.24. The van der Waals surface area contributed by atoms with Crippen LogP contribution in [0.4, 0.5) is 9.39 Å². The molecule has 2 amide bonds. The van der Waals surface area contributed by atoms with E-state index in [1.807, 2.05) is 22.6 Å². The molecule has 3 N–H and O–H groups in total. The monoisotopic (exact) mass is 390 g/mol. The minimum atomic E-state index is -0.606. The van der Waals surface area contributed by atoms with Gasteiger partial charge in [-0.15, -0.1) is 11.3 Å². The minimum Gasteiger partial charge on any atom is -0.366 e. The molecule has 2 rings (SSSR count). The Morgan fingerprint density at radius 2 is 2.00 bits per heavy atom. The fraction of sp³-hybridized carbons (Fsp3) is 0. The maximum Gasteiger partial charge on any atom is 0.257 e. The van der Waals surface area contributed by atoms with Crippen molar-refractivity contribution in [2.24, 2.45) is 5.73 Å². The summed E-state index contributed by atoms with van der Waals surface area (Å²) in [6.07, 6.45) is 0. The number of nitrogens with one attached hydrogen (secondary N) is 1. The number of thiophene rings is 1. The zero-order valence-electron chi connectivity index (χ0n) is 9.44. The molecule has 2 aromatic rings. The minimum absolute atomic E-state index is 0.260. The number of nitrogens with two attached hydrogens (primary N) is 1. The topological polar surface area (TPSA) is 72.2 Å². The van der Waals surface area contributed by atoms with Gasteiger partial charge in [0.25, 0.3) is 11.8 Å². The van der Waals surface area contributed by atoms with E-state index < -0.39 is 17.6 Å². The number of anilines is 1. The van der Waals surface area contributed by atoms with E-state index in [9.17, 15) is 14.0 Å². The third-order valence-electron chi connectivity index (χ3n) is 2.33. The van der Waals surface area contributed by atoms with E-state index in [-0.39, 0.29) is 5.56 Å². The molecule has 0 saturated carbocycles. The standard InChI is InChI=1S/C12H8FIN2O2S/c13-6-1-2-7(9(14)5-6)11(18)16-12-8(10(15)17)3-4-19-12/h1-5H,(H2,15,17)(H,16,18). The summed E-state index contributed by atoms with van der Waals surface area (Å²) < 4.78 is 13.5. The van der Waals surface area contributed by atoms with Crippen molar-refractivity contribution in [2.45, 2.75) is 0 Å². The van der Waals surface area contributed by atoms with Gasteiger partial charge >= 0.3 is 0 Å². The highest BCUT2D eigenvalue weighted by Gasteiger charge is 2.15. The van der Waals surface area contributed by atoms with E-state index in [0.717, 1.165) is 0 Å². The Bertz CT molecular complexity index is 657. The molecule has 0 saturated heterocycles. The summed E-state index contributed by atoms with van der Waals surface area (Å²) in [5.74, 6) is -1.42. The summed E-state index contributed by atoms with van der Waals surface area (Å²) in [6, 6.07) is 5.40. The molecule has 0 bridgehead atoms. The van der Waals surface area contributed by atoms with Gasteiger partial charge in [-0.1, -0.05) is 0 Å². The zero-order valence-corrected chi connectivity index (χ0v) is 12.4. The van der Waals surface area contributed by atoms with Crippen LogP contribution in [-0.4, -0.2) is 11.8 Å². The molecule has 0 aliphatic carbocycles. The largest absolute Gasteiger partial charge is 0.366 e. The summed E-state index contributed by atoms with van der Waals surface area (Å²) in [4.78, 5) is 23.2. The van der Waals surface area contributed by atoms with Crippen LogP contribution in [0.25, 0.3) is 0 Å². The summed E-state index contributed by atoms with van der Waals surface area (Å²) >= 11 is 3.08. The van der Waals surface area contributed by atoms with Crippen molar-refractivity contribution in [1.29, 1.82) is 0 Å². The molecule has 0 aliphatic rings. The van der Waals surface area contributed by atoms with Crippen LogP contribution in [-0.2, 0) is 0 Å². The Kier molecular flexibility index (Phi) is 4.15. The number of amides is 2. The van der Waals surface area contributed by atoms with Crippen LogP contribution in [0.1, 0.15) is 20.7 Å². The predicted octanol–water partition coefficient (Wildman–Crippen LogP) is 2.84. The van der Waals surface area contributed by atoms with Crippen molar-refractivity contribution in [2.75, 3.05) is 5.32 Å². The van der Waals surface area contributed by atoms with Crippen LogP contribution in [0.15, 0.2) is 29.6 Å². The van der Waals surface area contributed by atoms with Gasteiger partial charge in [0, 0.05) is 3.57 Å². The van der Waals surface area contributed by atoms with E-state index in [1.54, 1.807) is 5.38 Å². The Morgan fingerprint density at radius 3 is 2.63 bits per heavy atom. The van der Waals surface area contributed by atoms with Crippen molar-refractivity contribution in [3.8, 4) is 0 Å². The lowest BCUT2D eigenvalue weighted by Gasteiger charge is -2.06. The number of primary amides is 1. The molecular formula is C12H8FIN2O2S. The SMILES string of the molecule is NC(=O)c1ccsc1NC(=O)c1ccc(F)cc1I. The molecular weight excluding hydrogens is 382 g/mol. The van der Waals surface area contributed by atoms with Crippen molar-refractivity contribution >= 4 is 50.7 Å². The number of halogens is 2. The van der Waals surface area contributed by atoms with Crippen molar-refractivity contribution < 1.29 is 14.0 Å². The molecule has 0 radical (unpaired) electrons. The molecule has 0 fully saturated rings. The van der Waals surface area contributed by atoms with Gasteiger partial charge in [-0.05, 0) is 52.2 Å². The molecule has 0 atom stereocenters. The van der Waals surface area contributed by atoms with Gasteiger partial charge < -0.3 is 11.1 Å². The maximum atomic E-state index is 13.0. The number of carbonyl (C=O) groups excluding carboxylic acids is 2. The highest BCUT2D eigenvalue weighted by atomic mass is 127. The molecule has 0 spiro atoms. The van der Waals surface area contributed by atoms with Crippen LogP contribution >= 0.6 is 33.9 Å². The van der Waals surface area contributed by atoms with E-state index in [0.29, 0.717) is 14.1 Å². The Hall–Kier alpha value is -1.48. The first-order valence-corrected chi connectivity index (χ1v) is 7.08. The average Bonchev–Trinajstić information content (AvgIpc) is 2.76. The quantitative estimate of drug-likeness (QED) is 0.792. The van der Waals surface area contributed by atoms with Crippen LogP contribution in [0.5, 0.6) is 0 Å². The molecule has 1 aromatic heterocycles. The van der Waals surface area contributed by atoms with E-state index in [1.165, 1.54) is 35.6 Å². The predicted molar refractivity (Wildman–Crippen MR) is 79.9 cm³/mol. The second-order valence-corrected chi connectivity index (χ2v) is 5.68. The lowest BCUT2D eigenvalue weighted by molar-refractivity contribution is 0.100. The summed E-state index contributed by atoms with van der Waals surface area (Å²) in [6.45, 7) is 0. The lowest BCUT2D eigenvalue weighted by atomic mass is 10.2. The second-order valence-electron chi connectivity index (χ2n) is 3.61. The molecule has 0 unspecified atom stereocenters. The van der Waals surface area contributed by atoms with E-state index >= 15 is 0 Å². The Morgan fingerprint density at radius 1 is 1.26 bits per heavy atom. The van der Waals surface area contributed by atoms with Gasteiger partial charge in [-0.3, -0.25) is 9.59 Å². The van der Waals surface area contributed by atoms with Gasteiger partial charge in [-0.2, -0.15) is 0 Å². The third kappa shape index (κ3) is 3.10. The van der Waals surface area contributed by atoms with Crippen LogP contribution in [0, 0.1) is 9.39 Å². The van der Waals surface area contributed by atoms with Crippen LogP contribution in [0.2, 0.25) is 0 Å². The molecule has 4 nitrogen and oxygen atoms in total. The fourth-order valence-electron chi connectivity index (χ4n) is 1.44. The second kappa shape index (κ2) is 5.66. The normalized spacial score (nSPS) is 10.2. The van der Waals surface area contributed by atoms with Gasteiger partial charge in [0.2, 0.25) is 0 Å². The smallest absolute Gasteiger partial charge is 0.257 e. The number of benzene rings is 1. The molecule has 1 heterocycles. The van der Waals surface area contributed by atoms with E-state index in [4.69, 9.17) is 5.73 Å². The third-order valence-corrected chi connectivity index (χ3v) is 4.06. The highest BCUT2D eigenvalue weighted by molar-refractivity contribution is 14.1. The Labute approximate surface area is 125 Å². The van der Waals surface area contributed by atoms with Crippen molar-refractivity contribution in [3.63, 3.8) is 0 Å².